The highest BCUT2D eigenvalue weighted by molar-refractivity contribution is 5.82. The normalized spacial score (nSPS) is 17.2. The highest BCUT2D eigenvalue weighted by atomic mass is 19.4. The molecule has 3 aromatic rings. The molecule has 0 N–H and O–H groups in total. The summed E-state index contributed by atoms with van der Waals surface area (Å²) in [5.74, 6) is -0.721. The molecule has 0 saturated carbocycles. The van der Waals surface area contributed by atoms with Crippen LogP contribution in [0.2, 0.25) is 0 Å². The Bertz CT molecular complexity index is 1510. The van der Waals surface area contributed by atoms with E-state index >= 15 is 0 Å². The largest absolute Gasteiger partial charge is 0.463 e. The van der Waals surface area contributed by atoms with Crippen LogP contribution in [0, 0.1) is 0 Å². The molecule has 250 valence electrons. The molecule has 1 aliphatic rings. The lowest BCUT2D eigenvalue weighted by Crippen LogP contribution is -2.46. The molecule has 2 atom stereocenters. The minimum atomic E-state index is -5.03. The van der Waals surface area contributed by atoms with Crippen LogP contribution in [0.15, 0.2) is 43.0 Å². The van der Waals surface area contributed by atoms with E-state index in [0.717, 1.165) is 0 Å². The molecule has 1 amide bonds. The zero-order valence-corrected chi connectivity index (χ0v) is 25.8. The molecule has 0 spiro atoms. The fraction of sp³-hybridized carbons (Fsp3) is 0.500. The number of carbonyl (C=O) groups excluding carboxylic acids is 2. The van der Waals surface area contributed by atoms with Crippen LogP contribution >= 0.6 is 0 Å². The number of aromatic nitrogens is 4. The smallest absolute Gasteiger partial charge is 0.416 e. The number of halogens is 6. The number of anilines is 1. The van der Waals surface area contributed by atoms with Gasteiger partial charge in [0.15, 0.2) is 0 Å². The number of amides is 1. The molecule has 0 radical (unpaired) electrons. The molecule has 2 aromatic heterocycles. The first kappa shape index (κ1) is 34.5. The van der Waals surface area contributed by atoms with Crippen molar-refractivity contribution in [1.82, 2.24) is 24.6 Å². The first-order valence-electron chi connectivity index (χ1n) is 14.5. The van der Waals surface area contributed by atoms with Gasteiger partial charge in [-0.15, -0.1) is 0 Å². The fourth-order valence-electron chi connectivity index (χ4n) is 5.21. The van der Waals surface area contributed by atoms with Crippen LogP contribution in [0.5, 0.6) is 0 Å². The second-order valence-electron chi connectivity index (χ2n) is 11.4. The topological polar surface area (TPSA) is 103 Å². The SMILES string of the molecule is CCOC(=O)C(C)(C)OC(=O)N1C[C@@H](N(Cc2cc(C(F)(F)F)cc(C(F)(F)F)c2)c2ncc(-c3cnn(C)c3)cn2)C[C@H]1CC. The fourth-order valence-corrected chi connectivity index (χ4v) is 5.21. The van der Waals surface area contributed by atoms with E-state index in [1.54, 1.807) is 31.0 Å². The number of hydrogen-bond acceptors (Lipinski definition) is 8. The number of benzene rings is 1. The first-order chi connectivity index (χ1) is 21.4. The maximum atomic E-state index is 13.7. The Morgan fingerprint density at radius 1 is 0.957 bits per heavy atom. The van der Waals surface area contributed by atoms with Crippen LogP contribution in [-0.2, 0) is 40.2 Å². The van der Waals surface area contributed by atoms with Crippen LogP contribution in [-0.4, -0.2) is 67.5 Å². The van der Waals surface area contributed by atoms with Crippen molar-refractivity contribution in [1.29, 1.82) is 0 Å². The number of ether oxygens (including phenoxy) is 2. The van der Waals surface area contributed by atoms with Gasteiger partial charge in [0.25, 0.3) is 0 Å². The summed E-state index contributed by atoms with van der Waals surface area (Å²) in [6.07, 6.45) is -3.92. The van der Waals surface area contributed by atoms with Gasteiger partial charge >= 0.3 is 24.4 Å². The highest BCUT2D eigenvalue weighted by Crippen LogP contribution is 2.38. The van der Waals surface area contributed by atoms with Gasteiger partial charge in [0.2, 0.25) is 11.5 Å². The van der Waals surface area contributed by atoms with Gasteiger partial charge in [-0.3, -0.25) is 4.68 Å². The van der Waals surface area contributed by atoms with Crippen molar-refractivity contribution in [3.8, 4) is 11.1 Å². The monoisotopic (exact) mass is 656 g/mol. The van der Waals surface area contributed by atoms with Gasteiger partial charge in [-0.25, -0.2) is 19.6 Å². The number of alkyl halides is 6. The summed E-state index contributed by atoms with van der Waals surface area (Å²) >= 11 is 0. The molecule has 16 heteroatoms. The number of rotatable bonds is 9. The Morgan fingerprint density at radius 2 is 1.57 bits per heavy atom. The number of likely N-dealkylation sites (tertiary alicyclic amines) is 1. The zero-order chi connectivity index (χ0) is 34.0. The summed E-state index contributed by atoms with van der Waals surface area (Å²) in [5, 5.41) is 4.10. The molecule has 46 heavy (non-hydrogen) atoms. The van der Waals surface area contributed by atoms with Gasteiger partial charge in [0.05, 0.1) is 30.0 Å². The zero-order valence-electron chi connectivity index (χ0n) is 25.8. The van der Waals surface area contributed by atoms with E-state index < -0.39 is 59.8 Å². The first-order valence-corrected chi connectivity index (χ1v) is 14.5. The Morgan fingerprint density at radius 3 is 2.07 bits per heavy atom. The molecule has 1 saturated heterocycles. The second-order valence-corrected chi connectivity index (χ2v) is 11.4. The van der Waals surface area contributed by atoms with Crippen LogP contribution in [0.1, 0.15) is 57.2 Å². The number of aryl methyl sites for hydroxylation is 1. The lowest BCUT2D eigenvalue weighted by molar-refractivity contribution is -0.162. The Kier molecular flexibility index (Phi) is 9.87. The summed E-state index contributed by atoms with van der Waals surface area (Å²) in [6, 6.07) is 0.314. The van der Waals surface area contributed by atoms with Crippen molar-refractivity contribution in [3.63, 3.8) is 0 Å². The third kappa shape index (κ3) is 7.88. The van der Waals surface area contributed by atoms with Gasteiger partial charge < -0.3 is 19.3 Å². The average molecular weight is 657 g/mol. The lowest BCUT2D eigenvalue weighted by Gasteiger charge is -2.30. The van der Waals surface area contributed by atoms with Crippen LogP contribution in [0.3, 0.4) is 0 Å². The molecule has 0 unspecified atom stereocenters. The van der Waals surface area contributed by atoms with E-state index in [4.69, 9.17) is 9.47 Å². The summed E-state index contributed by atoms with van der Waals surface area (Å²) in [4.78, 5) is 37.3. The minimum absolute atomic E-state index is 0.0283. The summed E-state index contributed by atoms with van der Waals surface area (Å²) in [5.41, 5.74) is -3.51. The van der Waals surface area contributed by atoms with Crippen molar-refractivity contribution in [2.45, 2.75) is 77.1 Å². The molecule has 4 rings (SSSR count). The molecule has 10 nitrogen and oxygen atoms in total. The Labute approximate surface area is 261 Å². The predicted octanol–water partition coefficient (Wildman–Crippen LogP) is 6.25. The predicted molar refractivity (Wildman–Crippen MR) is 153 cm³/mol. The third-order valence-electron chi connectivity index (χ3n) is 7.58. The van der Waals surface area contributed by atoms with Crippen LogP contribution in [0.4, 0.5) is 37.1 Å². The highest BCUT2D eigenvalue weighted by Gasteiger charge is 2.43. The Hall–Kier alpha value is -4.37. The summed E-state index contributed by atoms with van der Waals surface area (Å²) < 4.78 is 94.1. The van der Waals surface area contributed by atoms with Gasteiger partial charge in [-0.1, -0.05) is 6.92 Å². The molecule has 1 fully saturated rings. The molecule has 1 aliphatic heterocycles. The van der Waals surface area contributed by atoms with E-state index in [0.29, 0.717) is 29.7 Å². The van der Waals surface area contributed by atoms with Crippen molar-refractivity contribution in [3.05, 3.63) is 59.7 Å². The second kappa shape index (κ2) is 13.2. The minimum Gasteiger partial charge on any atom is -0.463 e. The molecule has 0 bridgehead atoms. The van der Waals surface area contributed by atoms with Gasteiger partial charge in [0, 0.05) is 55.9 Å². The standard InChI is InChI=1S/C30H34F6N6O4/c1-6-23-11-24(17-42(23)27(44)46-28(3,4)25(43)45-7-2)41(26-37-12-19(13-38-26)20-14-39-40(5)16-20)15-18-8-21(29(31,32)33)10-22(9-18)30(34,35)36/h8-10,12-14,16,23-24H,6-7,11,15,17H2,1-5H3/t23-,24+/m1/s1. The van der Waals surface area contributed by atoms with Crippen molar-refractivity contribution < 1.29 is 45.4 Å². The van der Waals surface area contributed by atoms with Gasteiger partial charge in [-0.05, 0) is 57.4 Å². The maximum absolute atomic E-state index is 13.7. The van der Waals surface area contributed by atoms with Gasteiger partial charge in [0.1, 0.15) is 0 Å². The summed E-state index contributed by atoms with van der Waals surface area (Å²) in [6.45, 7) is 5.79. The van der Waals surface area contributed by atoms with Crippen molar-refractivity contribution in [2.24, 2.45) is 7.05 Å². The van der Waals surface area contributed by atoms with E-state index in [1.807, 2.05) is 6.92 Å². The molecule has 0 aliphatic carbocycles. The number of nitrogens with zero attached hydrogens (tertiary/aromatic N) is 6. The van der Waals surface area contributed by atoms with Gasteiger partial charge in [-0.2, -0.15) is 31.4 Å². The lowest BCUT2D eigenvalue weighted by atomic mass is 10.0. The third-order valence-corrected chi connectivity index (χ3v) is 7.58. The molecular weight excluding hydrogens is 622 g/mol. The molecule has 1 aromatic carbocycles. The van der Waals surface area contributed by atoms with E-state index in [2.05, 4.69) is 15.1 Å². The van der Waals surface area contributed by atoms with Crippen LogP contribution in [0.25, 0.3) is 11.1 Å². The van der Waals surface area contributed by atoms with Crippen molar-refractivity contribution in [2.75, 3.05) is 18.1 Å². The quantitative estimate of drug-likeness (QED) is 0.197. The molecular formula is C30H34F6N6O4. The van der Waals surface area contributed by atoms with E-state index in [-0.39, 0.29) is 37.2 Å². The van der Waals surface area contributed by atoms with Crippen LogP contribution < -0.4 is 4.90 Å². The van der Waals surface area contributed by atoms with E-state index in [9.17, 15) is 35.9 Å². The van der Waals surface area contributed by atoms with Crippen molar-refractivity contribution >= 4 is 18.0 Å². The maximum Gasteiger partial charge on any atom is 0.416 e. The number of hydrogen-bond donors (Lipinski definition) is 0. The molecule has 3 heterocycles. The van der Waals surface area contributed by atoms with E-state index in [1.165, 1.54) is 36.0 Å². The number of esters is 1. The summed E-state index contributed by atoms with van der Waals surface area (Å²) in [7, 11) is 1.72. The average Bonchev–Trinajstić information content (AvgIpc) is 3.61. The number of carbonyl (C=O) groups is 2. The Balaban J connectivity index is 1.71.